The summed E-state index contributed by atoms with van der Waals surface area (Å²) in [6.07, 6.45) is 4.48. The van der Waals surface area contributed by atoms with E-state index in [0.717, 1.165) is 22.6 Å². The molecular formula is C19H21N5O3. The second-order valence-corrected chi connectivity index (χ2v) is 6.09. The van der Waals surface area contributed by atoms with Crippen molar-refractivity contribution in [1.29, 1.82) is 0 Å². The maximum Gasteiger partial charge on any atom is 0.335 e. The lowest BCUT2D eigenvalue weighted by molar-refractivity contribution is -0.120. The number of benzene rings is 1. The number of hydrogen-bond acceptors (Lipinski definition) is 6. The topological polar surface area (TPSA) is 130 Å². The first-order valence-electron chi connectivity index (χ1n) is 8.71. The minimum absolute atomic E-state index is 0.0564. The van der Waals surface area contributed by atoms with Crippen molar-refractivity contribution in [2.45, 2.75) is 12.8 Å². The summed E-state index contributed by atoms with van der Waals surface area (Å²) < 4.78 is 0. The van der Waals surface area contributed by atoms with E-state index in [1.165, 1.54) is 0 Å². The van der Waals surface area contributed by atoms with Crippen LogP contribution < -0.4 is 16.4 Å². The van der Waals surface area contributed by atoms with E-state index in [2.05, 4.69) is 20.6 Å². The Kier molecular flexibility index (Phi) is 5.77. The molecule has 0 saturated carbocycles. The number of nitrogens with one attached hydrogen (secondary N) is 2. The molecule has 0 atom stereocenters. The highest BCUT2D eigenvalue weighted by Crippen LogP contribution is 2.29. The molecule has 140 valence electrons. The maximum atomic E-state index is 11.4. The van der Waals surface area contributed by atoms with Crippen molar-refractivity contribution in [2.24, 2.45) is 5.73 Å². The molecule has 3 rings (SSSR count). The zero-order valence-electron chi connectivity index (χ0n) is 14.7. The van der Waals surface area contributed by atoms with Crippen LogP contribution in [-0.4, -0.2) is 46.6 Å². The largest absolute Gasteiger partial charge is 0.478 e. The Labute approximate surface area is 155 Å². The second-order valence-electron chi connectivity index (χ2n) is 6.09. The summed E-state index contributed by atoms with van der Waals surface area (Å²) in [5, 5.41) is 17.9. The van der Waals surface area contributed by atoms with Gasteiger partial charge in [0.15, 0.2) is 0 Å². The highest BCUT2D eigenvalue weighted by molar-refractivity contribution is 6.10. The van der Waals surface area contributed by atoms with Gasteiger partial charge in [0, 0.05) is 54.6 Å². The van der Waals surface area contributed by atoms with Crippen molar-refractivity contribution in [2.75, 3.05) is 25.0 Å². The number of fused-ring (bicyclic) bond motifs is 3. The van der Waals surface area contributed by atoms with Crippen LogP contribution in [-0.2, 0) is 4.79 Å². The van der Waals surface area contributed by atoms with Crippen molar-refractivity contribution < 1.29 is 14.7 Å². The number of aromatic carboxylic acids is 1. The number of hydrogen-bond donors (Lipinski definition) is 4. The molecule has 8 heteroatoms. The summed E-state index contributed by atoms with van der Waals surface area (Å²) in [7, 11) is 0. The molecule has 0 spiro atoms. The Balaban J connectivity index is 1.81. The summed E-state index contributed by atoms with van der Waals surface area (Å²) in [5.74, 6) is -0.387. The summed E-state index contributed by atoms with van der Waals surface area (Å²) in [6, 6.07) is 6.75. The van der Waals surface area contributed by atoms with Gasteiger partial charge in [-0.15, -0.1) is 0 Å². The fourth-order valence-electron chi connectivity index (χ4n) is 2.86. The molecule has 27 heavy (non-hydrogen) atoms. The third kappa shape index (κ3) is 4.29. The van der Waals surface area contributed by atoms with Gasteiger partial charge in [0.25, 0.3) is 0 Å². The zero-order chi connectivity index (χ0) is 19.2. The number of amides is 1. The molecule has 1 amide bonds. The molecule has 0 radical (unpaired) electrons. The van der Waals surface area contributed by atoms with Crippen LogP contribution >= 0.6 is 0 Å². The molecule has 0 aliphatic rings. The Bertz CT molecular complexity index is 990. The molecule has 0 aliphatic heterocycles. The van der Waals surface area contributed by atoms with E-state index >= 15 is 0 Å². The number of nitrogens with zero attached hydrogens (tertiary/aromatic N) is 2. The summed E-state index contributed by atoms with van der Waals surface area (Å²) in [4.78, 5) is 31.4. The highest BCUT2D eigenvalue weighted by Gasteiger charge is 2.11. The van der Waals surface area contributed by atoms with E-state index in [1.807, 2.05) is 6.07 Å². The van der Waals surface area contributed by atoms with E-state index in [0.29, 0.717) is 37.4 Å². The van der Waals surface area contributed by atoms with E-state index in [-0.39, 0.29) is 11.5 Å². The van der Waals surface area contributed by atoms with Crippen molar-refractivity contribution in [3.05, 3.63) is 42.2 Å². The van der Waals surface area contributed by atoms with Gasteiger partial charge >= 0.3 is 5.97 Å². The summed E-state index contributed by atoms with van der Waals surface area (Å²) in [5.41, 5.74) is 6.12. The first kappa shape index (κ1) is 18.5. The first-order chi connectivity index (χ1) is 13.1. The molecule has 3 aromatic rings. The lowest BCUT2D eigenvalue weighted by atomic mass is 10.1. The van der Waals surface area contributed by atoms with Crippen LogP contribution in [0.5, 0.6) is 0 Å². The van der Waals surface area contributed by atoms with Gasteiger partial charge < -0.3 is 21.5 Å². The molecule has 2 aromatic heterocycles. The predicted molar refractivity (Wildman–Crippen MR) is 104 cm³/mol. The molecule has 8 nitrogen and oxygen atoms in total. The Hall–Kier alpha value is -3.26. The fraction of sp³-hybridized carbons (Fsp3) is 0.263. The zero-order valence-corrected chi connectivity index (χ0v) is 14.7. The number of aromatic nitrogens is 2. The fourth-order valence-corrected chi connectivity index (χ4v) is 2.86. The molecule has 0 saturated heterocycles. The monoisotopic (exact) mass is 367 g/mol. The van der Waals surface area contributed by atoms with Gasteiger partial charge in [-0.3, -0.25) is 9.78 Å². The molecular weight excluding hydrogens is 346 g/mol. The van der Waals surface area contributed by atoms with Gasteiger partial charge in [0.1, 0.15) is 5.82 Å². The molecule has 0 aliphatic carbocycles. The normalized spacial score (nSPS) is 10.9. The minimum Gasteiger partial charge on any atom is -0.478 e. The van der Waals surface area contributed by atoms with Gasteiger partial charge in [0.05, 0.1) is 11.1 Å². The van der Waals surface area contributed by atoms with Crippen LogP contribution in [0.15, 0.2) is 36.7 Å². The van der Waals surface area contributed by atoms with E-state index in [1.54, 1.807) is 30.6 Å². The lowest BCUT2D eigenvalue weighted by Crippen LogP contribution is -2.27. The maximum absolute atomic E-state index is 11.4. The Morgan fingerprint density at radius 2 is 1.96 bits per heavy atom. The van der Waals surface area contributed by atoms with Crippen molar-refractivity contribution in [3.8, 4) is 0 Å². The van der Waals surface area contributed by atoms with Crippen LogP contribution in [0.2, 0.25) is 0 Å². The van der Waals surface area contributed by atoms with Crippen molar-refractivity contribution in [1.82, 2.24) is 15.3 Å². The van der Waals surface area contributed by atoms with Crippen LogP contribution in [0.25, 0.3) is 21.7 Å². The quantitative estimate of drug-likeness (QED) is 0.352. The van der Waals surface area contributed by atoms with Crippen LogP contribution in [0.4, 0.5) is 5.82 Å². The minimum atomic E-state index is -0.993. The van der Waals surface area contributed by atoms with E-state index in [9.17, 15) is 14.7 Å². The molecule has 5 N–H and O–H groups in total. The van der Waals surface area contributed by atoms with Gasteiger partial charge in [-0.2, -0.15) is 0 Å². The number of nitrogens with two attached hydrogens (primary N) is 1. The molecule has 2 heterocycles. The van der Waals surface area contributed by atoms with Gasteiger partial charge in [-0.25, -0.2) is 9.78 Å². The third-order valence-corrected chi connectivity index (χ3v) is 4.18. The predicted octanol–water partition coefficient (Wildman–Crippen LogP) is 1.75. The number of anilines is 1. The first-order valence-corrected chi connectivity index (χ1v) is 8.71. The van der Waals surface area contributed by atoms with Crippen molar-refractivity contribution in [3.63, 3.8) is 0 Å². The number of rotatable bonds is 8. The number of carboxylic acids is 1. The third-order valence-electron chi connectivity index (χ3n) is 4.18. The molecule has 0 bridgehead atoms. The van der Waals surface area contributed by atoms with Gasteiger partial charge in [-0.05, 0) is 24.6 Å². The number of carbonyl (C=O) groups is 2. The van der Waals surface area contributed by atoms with Gasteiger partial charge in [0.2, 0.25) is 5.91 Å². The summed E-state index contributed by atoms with van der Waals surface area (Å²) >= 11 is 0. The SMILES string of the molecule is NCCC(=O)NCCCNc1nc2cc(C(=O)O)ccc2c2cnccc12. The van der Waals surface area contributed by atoms with Crippen LogP contribution in [0.1, 0.15) is 23.2 Å². The smallest absolute Gasteiger partial charge is 0.335 e. The average molecular weight is 367 g/mol. The van der Waals surface area contributed by atoms with Gasteiger partial charge in [-0.1, -0.05) is 6.07 Å². The van der Waals surface area contributed by atoms with Crippen molar-refractivity contribution >= 4 is 39.4 Å². The average Bonchev–Trinajstić information content (AvgIpc) is 2.67. The van der Waals surface area contributed by atoms with E-state index in [4.69, 9.17) is 5.73 Å². The molecule has 0 fully saturated rings. The number of carboxylic acid groups (broad SMARTS) is 1. The number of carbonyl (C=O) groups excluding carboxylic acids is 1. The molecule has 0 unspecified atom stereocenters. The lowest BCUT2D eigenvalue weighted by Gasteiger charge is -2.12. The van der Waals surface area contributed by atoms with Crippen LogP contribution in [0, 0.1) is 0 Å². The molecule has 1 aromatic carbocycles. The highest BCUT2D eigenvalue weighted by atomic mass is 16.4. The van der Waals surface area contributed by atoms with Crippen LogP contribution in [0.3, 0.4) is 0 Å². The Morgan fingerprint density at radius 3 is 2.74 bits per heavy atom. The number of pyridine rings is 2. The summed E-state index contributed by atoms with van der Waals surface area (Å²) in [6.45, 7) is 1.49. The Morgan fingerprint density at radius 1 is 1.11 bits per heavy atom. The second kappa shape index (κ2) is 8.41. The standard InChI is InChI=1S/C19H21N5O3/c20-6-4-17(25)22-7-1-8-23-18-14-5-9-21-11-15(14)13-3-2-12(19(26)27)10-16(13)24-18/h2-3,5,9-11H,1,4,6-8,20H2,(H,22,25)(H,23,24)(H,26,27). The van der Waals surface area contributed by atoms with E-state index < -0.39 is 5.97 Å².